The Balaban J connectivity index is 1.83. The fourth-order valence-electron chi connectivity index (χ4n) is 2.86. The molecule has 0 aliphatic heterocycles. The maximum absolute atomic E-state index is 6.41. The number of hydrogen-bond acceptors (Lipinski definition) is 3. The van der Waals surface area contributed by atoms with E-state index in [0.717, 1.165) is 17.8 Å². The molecule has 1 saturated carbocycles. The van der Waals surface area contributed by atoms with Crippen LogP contribution in [0.2, 0.25) is 0 Å². The van der Waals surface area contributed by atoms with Gasteiger partial charge in [0.15, 0.2) is 0 Å². The molecule has 1 atom stereocenters. The molecule has 0 bridgehead atoms. The normalized spacial score (nSPS) is 18.5. The summed E-state index contributed by atoms with van der Waals surface area (Å²) in [5.74, 6) is 0. The minimum atomic E-state index is -0.0994. The van der Waals surface area contributed by atoms with Gasteiger partial charge in [-0.15, -0.1) is 0 Å². The molecule has 4 heteroatoms. The van der Waals surface area contributed by atoms with Gasteiger partial charge in [-0.3, -0.25) is 0 Å². The van der Waals surface area contributed by atoms with Crippen LogP contribution in [0.3, 0.4) is 0 Å². The molecular formula is C16H21N3S. The molecule has 20 heavy (non-hydrogen) atoms. The molecule has 0 radical (unpaired) electrons. The fourth-order valence-corrected chi connectivity index (χ4v) is 3.83. The second-order valence-corrected chi connectivity index (χ2v) is 6.85. The molecule has 3 nitrogen and oxygen atoms in total. The lowest BCUT2D eigenvalue weighted by molar-refractivity contribution is 0.317. The van der Waals surface area contributed by atoms with Gasteiger partial charge in [0, 0.05) is 11.3 Å². The van der Waals surface area contributed by atoms with Gasteiger partial charge in [-0.2, -0.15) is 11.8 Å². The largest absolute Gasteiger partial charge is 0.331 e. The number of imidazole rings is 1. The molecule has 2 aromatic rings. The van der Waals surface area contributed by atoms with Crippen molar-refractivity contribution in [1.29, 1.82) is 0 Å². The molecule has 3 rings (SSSR count). The highest BCUT2D eigenvalue weighted by Crippen LogP contribution is 2.44. The second-order valence-electron chi connectivity index (χ2n) is 5.58. The first-order valence-corrected chi connectivity index (χ1v) is 8.32. The van der Waals surface area contributed by atoms with Crippen molar-refractivity contribution in [2.45, 2.75) is 36.6 Å². The van der Waals surface area contributed by atoms with E-state index in [2.05, 4.69) is 27.9 Å². The van der Waals surface area contributed by atoms with E-state index in [9.17, 15) is 0 Å². The monoisotopic (exact) mass is 287 g/mol. The van der Waals surface area contributed by atoms with E-state index >= 15 is 0 Å². The summed E-state index contributed by atoms with van der Waals surface area (Å²) < 4.78 is 2.64. The van der Waals surface area contributed by atoms with Gasteiger partial charge in [0.2, 0.25) is 0 Å². The lowest BCUT2D eigenvalue weighted by Gasteiger charge is -2.41. The fraction of sp³-hybridized carbons (Fsp3) is 0.438. The van der Waals surface area contributed by atoms with E-state index in [1.165, 1.54) is 19.3 Å². The molecule has 1 aliphatic carbocycles. The number of nitrogens with two attached hydrogens (primary N) is 1. The molecule has 1 heterocycles. The van der Waals surface area contributed by atoms with Gasteiger partial charge < -0.3 is 10.3 Å². The molecule has 0 amide bonds. The van der Waals surface area contributed by atoms with Crippen LogP contribution in [0.5, 0.6) is 0 Å². The van der Waals surface area contributed by atoms with Crippen molar-refractivity contribution in [3.05, 3.63) is 54.1 Å². The molecule has 1 aliphatic rings. The third-order valence-electron chi connectivity index (χ3n) is 4.38. The zero-order chi connectivity index (χ0) is 14.0. The van der Waals surface area contributed by atoms with Gasteiger partial charge in [-0.1, -0.05) is 36.8 Å². The minimum Gasteiger partial charge on any atom is -0.331 e. The molecule has 106 valence electrons. The van der Waals surface area contributed by atoms with Crippen molar-refractivity contribution in [3.8, 4) is 0 Å². The van der Waals surface area contributed by atoms with Gasteiger partial charge in [0.1, 0.15) is 0 Å². The standard InChI is InChI=1S/C16H21N3S/c1-20-16(8-5-9-16)11-19-12-18-10-14(19)15(17)13-6-3-2-4-7-13/h2-4,6-7,10,12,15H,5,8-9,11,17H2,1H3. The highest BCUT2D eigenvalue weighted by Gasteiger charge is 2.37. The SMILES string of the molecule is CSC1(Cn2cncc2C(N)c2ccccc2)CCC1. The van der Waals surface area contributed by atoms with E-state index in [-0.39, 0.29) is 6.04 Å². The molecule has 0 saturated heterocycles. The van der Waals surface area contributed by atoms with Crippen molar-refractivity contribution in [3.63, 3.8) is 0 Å². The molecule has 1 aromatic heterocycles. The van der Waals surface area contributed by atoms with Crippen LogP contribution in [-0.2, 0) is 6.54 Å². The summed E-state index contributed by atoms with van der Waals surface area (Å²) in [4.78, 5) is 4.32. The third kappa shape index (κ3) is 2.50. The number of nitrogens with zero attached hydrogens (tertiary/aromatic N) is 2. The molecule has 1 aromatic carbocycles. The molecule has 2 N–H and O–H groups in total. The van der Waals surface area contributed by atoms with E-state index in [0.29, 0.717) is 4.75 Å². The Labute approximate surface area is 124 Å². The summed E-state index contributed by atoms with van der Waals surface area (Å²) >= 11 is 1.98. The van der Waals surface area contributed by atoms with E-state index in [1.54, 1.807) is 0 Å². The van der Waals surface area contributed by atoms with Crippen molar-refractivity contribution in [2.24, 2.45) is 5.73 Å². The summed E-state index contributed by atoms with van der Waals surface area (Å²) in [6, 6.07) is 10.1. The van der Waals surface area contributed by atoms with E-state index in [4.69, 9.17) is 5.73 Å². The first-order valence-electron chi connectivity index (χ1n) is 7.10. The summed E-state index contributed by atoms with van der Waals surface area (Å²) in [5, 5.41) is 0. The highest BCUT2D eigenvalue weighted by atomic mass is 32.2. The van der Waals surface area contributed by atoms with Crippen LogP contribution < -0.4 is 5.73 Å². The Morgan fingerprint density at radius 3 is 2.70 bits per heavy atom. The van der Waals surface area contributed by atoms with Crippen molar-refractivity contribution >= 4 is 11.8 Å². The summed E-state index contributed by atoms with van der Waals surface area (Å²) in [6.07, 6.45) is 9.99. The maximum Gasteiger partial charge on any atom is 0.0949 e. The van der Waals surface area contributed by atoms with Gasteiger partial charge in [0.25, 0.3) is 0 Å². The average Bonchev–Trinajstić information content (AvgIpc) is 2.91. The summed E-state index contributed by atoms with van der Waals surface area (Å²) in [6.45, 7) is 1.02. The highest BCUT2D eigenvalue weighted by molar-refractivity contribution is 8.00. The quantitative estimate of drug-likeness (QED) is 0.918. The lowest BCUT2D eigenvalue weighted by atomic mass is 9.84. The molecular weight excluding hydrogens is 266 g/mol. The zero-order valence-electron chi connectivity index (χ0n) is 11.8. The smallest absolute Gasteiger partial charge is 0.0949 e. The lowest BCUT2D eigenvalue weighted by Crippen LogP contribution is -2.38. The van der Waals surface area contributed by atoms with Crippen LogP contribution >= 0.6 is 11.8 Å². The minimum absolute atomic E-state index is 0.0994. The van der Waals surface area contributed by atoms with Gasteiger partial charge in [-0.25, -0.2) is 4.98 Å². The first kappa shape index (κ1) is 13.7. The number of aromatic nitrogens is 2. The van der Waals surface area contributed by atoms with Crippen LogP contribution in [0.25, 0.3) is 0 Å². The Morgan fingerprint density at radius 1 is 1.35 bits per heavy atom. The van der Waals surface area contributed by atoms with Gasteiger partial charge in [-0.05, 0) is 24.7 Å². The summed E-state index contributed by atoms with van der Waals surface area (Å²) in [7, 11) is 0. The van der Waals surface area contributed by atoms with Crippen molar-refractivity contribution in [1.82, 2.24) is 9.55 Å². The van der Waals surface area contributed by atoms with Crippen molar-refractivity contribution in [2.75, 3.05) is 6.26 Å². The van der Waals surface area contributed by atoms with Crippen molar-refractivity contribution < 1.29 is 0 Å². The number of thioether (sulfide) groups is 1. The topological polar surface area (TPSA) is 43.8 Å². The zero-order valence-corrected chi connectivity index (χ0v) is 12.6. The molecule has 1 fully saturated rings. The van der Waals surface area contributed by atoms with E-state index < -0.39 is 0 Å². The average molecular weight is 287 g/mol. The van der Waals surface area contributed by atoms with Crippen LogP contribution in [0, 0.1) is 0 Å². The number of rotatable bonds is 5. The Morgan fingerprint density at radius 2 is 2.10 bits per heavy atom. The van der Waals surface area contributed by atoms with Crippen LogP contribution in [-0.4, -0.2) is 20.6 Å². The summed E-state index contributed by atoms with van der Waals surface area (Å²) in [5.41, 5.74) is 8.66. The Bertz CT molecular complexity index is 555. The third-order valence-corrected chi connectivity index (χ3v) is 5.78. The van der Waals surface area contributed by atoms with Crippen LogP contribution in [0.1, 0.15) is 36.6 Å². The first-order chi connectivity index (χ1) is 9.74. The van der Waals surface area contributed by atoms with Gasteiger partial charge >= 0.3 is 0 Å². The predicted molar refractivity (Wildman–Crippen MR) is 84.8 cm³/mol. The Kier molecular flexibility index (Phi) is 3.85. The number of hydrogen-bond donors (Lipinski definition) is 1. The Hall–Kier alpha value is -1.26. The van der Waals surface area contributed by atoms with Crippen LogP contribution in [0.15, 0.2) is 42.9 Å². The van der Waals surface area contributed by atoms with E-state index in [1.807, 2.05) is 42.5 Å². The number of benzene rings is 1. The second kappa shape index (κ2) is 5.62. The van der Waals surface area contributed by atoms with Crippen LogP contribution in [0.4, 0.5) is 0 Å². The molecule has 0 spiro atoms. The molecule has 1 unspecified atom stereocenters. The van der Waals surface area contributed by atoms with Gasteiger partial charge in [0.05, 0.1) is 24.3 Å². The maximum atomic E-state index is 6.41. The predicted octanol–water partition coefficient (Wildman–Crippen LogP) is 3.22.